The highest BCUT2D eigenvalue weighted by Gasteiger charge is 2.19. The summed E-state index contributed by atoms with van der Waals surface area (Å²) in [6.45, 7) is 0.553. The van der Waals surface area contributed by atoms with E-state index in [1.165, 1.54) is 0 Å². The largest absolute Gasteiger partial charge is 0.393 e. The molecular formula is C13H16Cl2O2. The van der Waals surface area contributed by atoms with E-state index in [-0.39, 0.29) is 12.2 Å². The Balaban J connectivity index is 1.83. The lowest BCUT2D eigenvalue weighted by atomic mass is 9.95. The van der Waals surface area contributed by atoms with Crippen LogP contribution in [0.2, 0.25) is 10.0 Å². The fourth-order valence-electron chi connectivity index (χ4n) is 2.06. The third-order valence-electron chi connectivity index (χ3n) is 3.11. The predicted octanol–water partition coefficient (Wildman–Crippen LogP) is 3.81. The number of benzene rings is 1. The summed E-state index contributed by atoms with van der Waals surface area (Å²) >= 11 is 11.8. The molecule has 0 saturated heterocycles. The van der Waals surface area contributed by atoms with Crippen molar-refractivity contribution in [3.8, 4) is 0 Å². The van der Waals surface area contributed by atoms with Gasteiger partial charge in [0.05, 0.1) is 28.9 Å². The Hall–Kier alpha value is -0.280. The number of rotatable bonds is 3. The van der Waals surface area contributed by atoms with Crippen LogP contribution < -0.4 is 0 Å². The quantitative estimate of drug-likeness (QED) is 0.908. The summed E-state index contributed by atoms with van der Waals surface area (Å²) in [4.78, 5) is 0. The molecule has 2 nitrogen and oxygen atoms in total. The molecule has 1 aromatic carbocycles. The van der Waals surface area contributed by atoms with Gasteiger partial charge in [-0.25, -0.2) is 0 Å². The summed E-state index contributed by atoms with van der Waals surface area (Å²) in [7, 11) is 0. The number of aliphatic hydroxyl groups is 1. The lowest BCUT2D eigenvalue weighted by Crippen LogP contribution is -2.24. The Bertz CT molecular complexity index is 374. The van der Waals surface area contributed by atoms with E-state index in [0.717, 1.165) is 31.2 Å². The van der Waals surface area contributed by atoms with Gasteiger partial charge in [0, 0.05) is 0 Å². The number of halogens is 2. The molecule has 0 heterocycles. The predicted molar refractivity (Wildman–Crippen MR) is 69.5 cm³/mol. The van der Waals surface area contributed by atoms with Gasteiger partial charge in [-0.2, -0.15) is 0 Å². The Morgan fingerprint density at radius 2 is 1.82 bits per heavy atom. The van der Waals surface area contributed by atoms with Crippen LogP contribution in [0.1, 0.15) is 31.2 Å². The molecule has 2 rings (SSSR count). The number of ether oxygens (including phenoxy) is 1. The van der Waals surface area contributed by atoms with Crippen LogP contribution in [0.4, 0.5) is 0 Å². The zero-order valence-corrected chi connectivity index (χ0v) is 11.0. The van der Waals surface area contributed by atoms with E-state index < -0.39 is 0 Å². The van der Waals surface area contributed by atoms with Crippen LogP contribution in [0.25, 0.3) is 0 Å². The smallest absolute Gasteiger partial charge is 0.0721 e. The minimum absolute atomic E-state index is 0.139. The van der Waals surface area contributed by atoms with Crippen molar-refractivity contribution in [2.45, 2.75) is 44.5 Å². The number of hydrogen-bond acceptors (Lipinski definition) is 2. The topological polar surface area (TPSA) is 29.5 Å². The van der Waals surface area contributed by atoms with E-state index in [1.807, 2.05) is 12.1 Å². The molecule has 0 radical (unpaired) electrons. The van der Waals surface area contributed by atoms with Crippen LogP contribution in [-0.4, -0.2) is 17.3 Å². The van der Waals surface area contributed by atoms with Crippen molar-refractivity contribution < 1.29 is 9.84 Å². The van der Waals surface area contributed by atoms with Gasteiger partial charge in [-0.05, 0) is 43.4 Å². The van der Waals surface area contributed by atoms with Crippen LogP contribution >= 0.6 is 23.2 Å². The Morgan fingerprint density at radius 1 is 1.12 bits per heavy atom. The summed E-state index contributed by atoms with van der Waals surface area (Å²) < 4.78 is 5.80. The van der Waals surface area contributed by atoms with Crippen LogP contribution in [0.5, 0.6) is 0 Å². The van der Waals surface area contributed by atoms with Gasteiger partial charge in [-0.15, -0.1) is 0 Å². The molecule has 0 amide bonds. The van der Waals surface area contributed by atoms with Gasteiger partial charge < -0.3 is 9.84 Å². The molecule has 1 saturated carbocycles. The minimum Gasteiger partial charge on any atom is -0.393 e. The first kappa shape index (κ1) is 13.2. The summed E-state index contributed by atoms with van der Waals surface area (Å²) in [5, 5.41) is 10.5. The first-order chi connectivity index (χ1) is 8.15. The average molecular weight is 275 g/mol. The lowest BCUT2D eigenvalue weighted by molar-refractivity contribution is -0.0118. The summed E-state index contributed by atoms with van der Waals surface area (Å²) in [6, 6.07) is 5.54. The highest BCUT2D eigenvalue weighted by molar-refractivity contribution is 6.41. The molecule has 1 aliphatic rings. The van der Waals surface area contributed by atoms with E-state index in [0.29, 0.717) is 16.7 Å². The summed E-state index contributed by atoms with van der Waals surface area (Å²) in [5.74, 6) is 0. The van der Waals surface area contributed by atoms with E-state index in [4.69, 9.17) is 27.9 Å². The zero-order chi connectivity index (χ0) is 12.3. The van der Waals surface area contributed by atoms with Gasteiger partial charge >= 0.3 is 0 Å². The maximum absolute atomic E-state index is 9.39. The van der Waals surface area contributed by atoms with Crippen LogP contribution in [0.15, 0.2) is 18.2 Å². The van der Waals surface area contributed by atoms with Crippen molar-refractivity contribution in [3.63, 3.8) is 0 Å². The van der Waals surface area contributed by atoms with Gasteiger partial charge in [-0.3, -0.25) is 0 Å². The maximum Gasteiger partial charge on any atom is 0.0721 e. The fraction of sp³-hybridized carbons (Fsp3) is 0.538. The summed E-state index contributed by atoms with van der Waals surface area (Å²) in [5.41, 5.74) is 1.03. The normalized spacial score (nSPS) is 24.9. The third kappa shape index (κ3) is 3.85. The van der Waals surface area contributed by atoms with Crippen LogP contribution in [0, 0.1) is 0 Å². The van der Waals surface area contributed by atoms with Crippen LogP contribution in [-0.2, 0) is 11.3 Å². The molecule has 1 N–H and O–H groups in total. The standard InChI is InChI=1S/C13H16Cl2O2/c14-12-6-1-9(7-13(12)15)8-17-11-4-2-10(16)3-5-11/h1,6-7,10-11,16H,2-5,8H2. The van der Waals surface area contributed by atoms with Gasteiger partial charge in [0.25, 0.3) is 0 Å². The highest BCUT2D eigenvalue weighted by atomic mass is 35.5. The van der Waals surface area contributed by atoms with Crippen molar-refractivity contribution in [2.75, 3.05) is 0 Å². The average Bonchev–Trinajstić information content (AvgIpc) is 2.33. The number of aliphatic hydroxyl groups excluding tert-OH is 1. The van der Waals surface area contributed by atoms with E-state index in [1.54, 1.807) is 6.07 Å². The molecule has 1 fully saturated rings. The Labute approximate surface area is 111 Å². The van der Waals surface area contributed by atoms with Gasteiger partial charge in [-0.1, -0.05) is 29.3 Å². The zero-order valence-electron chi connectivity index (χ0n) is 9.53. The number of hydrogen-bond donors (Lipinski definition) is 1. The minimum atomic E-state index is -0.139. The molecule has 0 bridgehead atoms. The van der Waals surface area contributed by atoms with Crippen LogP contribution in [0.3, 0.4) is 0 Å². The second-order valence-corrected chi connectivity index (χ2v) is 5.30. The summed E-state index contributed by atoms with van der Waals surface area (Å²) in [6.07, 6.45) is 3.66. The molecule has 0 atom stereocenters. The molecule has 17 heavy (non-hydrogen) atoms. The fourth-order valence-corrected chi connectivity index (χ4v) is 2.38. The molecule has 0 aliphatic heterocycles. The van der Waals surface area contributed by atoms with Gasteiger partial charge in [0.15, 0.2) is 0 Å². The maximum atomic E-state index is 9.39. The first-order valence-corrected chi connectivity index (χ1v) is 6.64. The van der Waals surface area contributed by atoms with Gasteiger partial charge in [0.1, 0.15) is 0 Å². The van der Waals surface area contributed by atoms with Gasteiger partial charge in [0.2, 0.25) is 0 Å². The van der Waals surface area contributed by atoms with Crippen molar-refractivity contribution in [1.29, 1.82) is 0 Å². The van der Waals surface area contributed by atoms with Crippen molar-refractivity contribution >= 4 is 23.2 Å². The lowest BCUT2D eigenvalue weighted by Gasteiger charge is -2.25. The SMILES string of the molecule is OC1CCC(OCc2ccc(Cl)c(Cl)c2)CC1. The second-order valence-electron chi connectivity index (χ2n) is 4.49. The molecule has 1 aliphatic carbocycles. The van der Waals surface area contributed by atoms with E-state index in [9.17, 15) is 5.11 Å². The van der Waals surface area contributed by atoms with Crippen molar-refractivity contribution in [3.05, 3.63) is 33.8 Å². The molecule has 0 aromatic heterocycles. The third-order valence-corrected chi connectivity index (χ3v) is 3.85. The first-order valence-electron chi connectivity index (χ1n) is 5.89. The van der Waals surface area contributed by atoms with Crippen molar-refractivity contribution in [1.82, 2.24) is 0 Å². The van der Waals surface area contributed by atoms with E-state index >= 15 is 0 Å². The van der Waals surface area contributed by atoms with Crippen molar-refractivity contribution in [2.24, 2.45) is 0 Å². The second kappa shape index (κ2) is 6.05. The monoisotopic (exact) mass is 274 g/mol. The molecule has 0 unspecified atom stereocenters. The molecule has 1 aromatic rings. The highest BCUT2D eigenvalue weighted by Crippen LogP contribution is 2.25. The van der Waals surface area contributed by atoms with E-state index in [2.05, 4.69) is 0 Å². The Kier molecular flexibility index (Phi) is 4.69. The Morgan fingerprint density at radius 3 is 2.47 bits per heavy atom. The molecule has 0 spiro atoms. The molecule has 94 valence electrons. The molecule has 4 heteroatoms. The molecular weight excluding hydrogens is 259 g/mol.